The Labute approximate surface area is 121 Å². The lowest BCUT2D eigenvalue weighted by molar-refractivity contribution is -0.137. The third-order valence-electron chi connectivity index (χ3n) is 4.05. The smallest absolute Gasteiger partial charge is 0.371 e. The SMILES string of the molecule is FC(F)(F)c1ccc(N2CCCC(C3OCCO3)C2)cc1. The van der Waals surface area contributed by atoms with Crippen molar-refractivity contribution in [2.24, 2.45) is 5.92 Å². The molecule has 2 fully saturated rings. The van der Waals surface area contributed by atoms with E-state index in [1.54, 1.807) is 12.1 Å². The molecule has 21 heavy (non-hydrogen) atoms. The second kappa shape index (κ2) is 5.85. The number of piperidine rings is 1. The maximum atomic E-state index is 12.6. The summed E-state index contributed by atoms with van der Waals surface area (Å²) in [6.45, 7) is 2.87. The zero-order chi connectivity index (χ0) is 14.9. The molecule has 0 spiro atoms. The Bertz CT molecular complexity index is 469. The highest BCUT2D eigenvalue weighted by Gasteiger charge is 2.32. The summed E-state index contributed by atoms with van der Waals surface area (Å²) >= 11 is 0. The maximum Gasteiger partial charge on any atom is 0.416 e. The fourth-order valence-corrected chi connectivity index (χ4v) is 2.98. The van der Waals surface area contributed by atoms with Gasteiger partial charge in [0.15, 0.2) is 6.29 Å². The molecule has 2 saturated heterocycles. The highest BCUT2D eigenvalue weighted by Crippen LogP contribution is 2.32. The highest BCUT2D eigenvalue weighted by atomic mass is 19.4. The number of alkyl halides is 3. The minimum Gasteiger partial charge on any atom is -0.371 e. The lowest BCUT2D eigenvalue weighted by Gasteiger charge is -2.36. The third-order valence-corrected chi connectivity index (χ3v) is 4.05. The topological polar surface area (TPSA) is 21.7 Å². The second-order valence-electron chi connectivity index (χ2n) is 5.50. The number of nitrogens with zero attached hydrogens (tertiary/aromatic N) is 1. The molecule has 0 aromatic heterocycles. The van der Waals surface area contributed by atoms with E-state index < -0.39 is 11.7 Å². The van der Waals surface area contributed by atoms with Gasteiger partial charge in [-0.3, -0.25) is 0 Å². The summed E-state index contributed by atoms with van der Waals surface area (Å²) in [7, 11) is 0. The van der Waals surface area contributed by atoms with Crippen LogP contribution in [0.25, 0.3) is 0 Å². The molecule has 1 atom stereocenters. The molecule has 0 saturated carbocycles. The predicted octanol–water partition coefficient (Wildman–Crippen LogP) is 3.29. The van der Waals surface area contributed by atoms with E-state index in [1.165, 1.54) is 0 Å². The van der Waals surface area contributed by atoms with Crippen molar-refractivity contribution in [2.75, 3.05) is 31.2 Å². The zero-order valence-electron chi connectivity index (χ0n) is 11.6. The first-order valence-corrected chi connectivity index (χ1v) is 7.19. The van der Waals surface area contributed by atoms with Crippen LogP contribution < -0.4 is 4.90 Å². The third kappa shape index (κ3) is 3.32. The van der Waals surface area contributed by atoms with E-state index in [9.17, 15) is 13.2 Å². The van der Waals surface area contributed by atoms with Gasteiger partial charge in [-0.2, -0.15) is 13.2 Å². The Morgan fingerprint density at radius 3 is 2.33 bits per heavy atom. The number of halogens is 3. The summed E-state index contributed by atoms with van der Waals surface area (Å²) in [4.78, 5) is 2.11. The summed E-state index contributed by atoms with van der Waals surface area (Å²) in [5.41, 5.74) is 0.216. The fourth-order valence-electron chi connectivity index (χ4n) is 2.98. The molecular weight excluding hydrogens is 283 g/mol. The van der Waals surface area contributed by atoms with Gasteiger partial charge in [0.05, 0.1) is 18.8 Å². The van der Waals surface area contributed by atoms with Crippen molar-refractivity contribution in [3.8, 4) is 0 Å². The van der Waals surface area contributed by atoms with Crippen molar-refractivity contribution in [1.82, 2.24) is 0 Å². The monoisotopic (exact) mass is 301 g/mol. The lowest BCUT2D eigenvalue weighted by atomic mass is 9.97. The molecule has 2 aliphatic rings. The van der Waals surface area contributed by atoms with Crippen molar-refractivity contribution < 1.29 is 22.6 Å². The number of anilines is 1. The summed E-state index contributed by atoms with van der Waals surface area (Å²) in [6.07, 6.45) is -2.42. The van der Waals surface area contributed by atoms with E-state index in [-0.39, 0.29) is 12.2 Å². The van der Waals surface area contributed by atoms with Crippen molar-refractivity contribution in [2.45, 2.75) is 25.3 Å². The van der Waals surface area contributed by atoms with Gasteiger partial charge in [-0.25, -0.2) is 0 Å². The molecule has 6 heteroatoms. The van der Waals surface area contributed by atoms with E-state index in [0.29, 0.717) is 13.2 Å². The van der Waals surface area contributed by atoms with E-state index >= 15 is 0 Å². The van der Waals surface area contributed by atoms with Crippen molar-refractivity contribution in [3.05, 3.63) is 29.8 Å². The molecule has 1 unspecified atom stereocenters. The van der Waals surface area contributed by atoms with Gasteiger partial charge in [-0.05, 0) is 37.1 Å². The summed E-state index contributed by atoms with van der Waals surface area (Å²) in [5, 5.41) is 0. The molecule has 2 heterocycles. The van der Waals surface area contributed by atoms with Crippen LogP contribution in [-0.2, 0) is 15.7 Å². The number of benzene rings is 1. The van der Waals surface area contributed by atoms with Gasteiger partial charge < -0.3 is 14.4 Å². The molecule has 3 nitrogen and oxygen atoms in total. The molecule has 3 rings (SSSR count). The minimum absolute atomic E-state index is 0.165. The number of rotatable bonds is 2. The van der Waals surface area contributed by atoms with E-state index in [1.807, 2.05) is 0 Å². The number of hydrogen-bond donors (Lipinski definition) is 0. The lowest BCUT2D eigenvalue weighted by Crippen LogP contribution is -2.40. The largest absolute Gasteiger partial charge is 0.416 e. The maximum absolute atomic E-state index is 12.6. The van der Waals surface area contributed by atoms with Crippen LogP contribution in [0.5, 0.6) is 0 Å². The molecule has 1 aromatic rings. The summed E-state index contributed by atoms with van der Waals surface area (Å²) < 4.78 is 48.8. The molecule has 116 valence electrons. The van der Waals surface area contributed by atoms with Crippen LogP contribution in [0.1, 0.15) is 18.4 Å². The van der Waals surface area contributed by atoms with Crippen LogP contribution in [0.2, 0.25) is 0 Å². The van der Waals surface area contributed by atoms with E-state index in [2.05, 4.69) is 4.90 Å². The van der Waals surface area contributed by atoms with Gasteiger partial charge in [0.1, 0.15) is 0 Å². The van der Waals surface area contributed by atoms with Crippen molar-refractivity contribution in [1.29, 1.82) is 0 Å². The summed E-state index contributed by atoms with van der Waals surface area (Å²) in [5.74, 6) is 0.281. The van der Waals surface area contributed by atoms with Gasteiger partial charge >= 0.3 is 6.18 Å². The number of ether oxygens (including phenoxy) is 2. The minimum atomic E-state index is -4.28. The van der Waals surface area contributed by atoms with Crippen LogP contribution in [-0.4, -0.2) is 32.6 Å². The van der Waals surface area contributed by atoms with Gasteiger partial charge in [0.25, 0.3) is 0 Å². The molecule has 0 amide bonds. The summed E-state index contributed by atoms with van der Waals surface area (Å²) in [6, 6.07) is 5.37. The van der Waals surface area contributed by atoms with Crippen LogP contribution in [0, 0.1) is 5.92 Å². The Balaban J connectivity index is 1.68. The first-order chi connectivity index (χ1) is 10.0. The molecular formula is C15H18F3NO2. The number of hydrogen-bond acceptors (Lipinski definition) is 3. The first kappa shape index (κ1) is 14.7. The second-order valence-corrected chi connectivity index (χ2v) is 5.50. The Morgan fingerprint density at radius 1 is 1.05 bits per heavy atom. The molecule has 0 bridgehead atoms. The molecule has 0 aliphatic carbocycles. The highest BCUT2D eigenvalue weighted by molar-refractivity contribution is 5.48. The van der Waals surface area contributed by atoms with Crippen LogP contribution in [0.3, 0.4) is 0 Å². The zero-order valence-corrected chi connectivity index (χ0v) is 11.6. The van der Waals surface area contributed by atoms with Crippen LogP contribution in [0.4, 0.5) is 18.9 Å². The fraction of sp³-hybridized carbons (Fsp3) is 0.600. The average Bonchev–Trinajstić information content (AvgIpc) is 3.01. The molecule has 0 N–H and O–H groups in total. The quantitative estimate of drug-likeness (QED) is 0.836. The standard InChI is InChI=1S/C15H18F3NO2/c16-15(17,18)12-3-5-13(6-4-12)19-7-1-2-11(10-19)14-20-8-9-21-14/h3-6,11,14H,1-2,7-10H2. The Kier molecular flexibility index (Phi) is 4.08. The molecule has 2 aliphatic heterocycles. The van der Waals surface area contributed by atoms with Gasteiger partial charge in [-0.15, -0.1) is 0 Å². The Morgan fingerprint density at radius 2 is 1.71 bits per heavy atom. The van der Waals surface area contributed by atoms with Crippen molar-refractivity contribution >= 4 is 5.69 Å². The molecule has 1 aromatic carbocycles. The van der Waals surface area contributed by atoms with E-state index in [0.717, 1.165) is 43.8 Å². The predicted molar refractivity (Wildman–Crippen MR) is 72.1 cm³/mol. The van der Waals surface area contributed by atoms with Gasteiger partial charge in [0, 0.05) is 24.7 Å². The van der Waals surface area contributed by atoms with Gasteiger partial charge in [-0.1, -0.05) is 0 Å². The Hall–Kier alpha value is -1.27. The van der Waals surface area contributed by atoms with E-state index in [4.69, 9.17) is 9.47 Å². The molecule has 0 radical (unpaired) electrons. The van der Waals surface area contributed by atoms with Crippen LogP contribution >= 0.6 is 0 Å². The van der Waals surface area contributed by atoms with Crippen LogP contribution in [0.15, 0.2) is 24.3 Å². The normalized spacial score (nSPS) is 24.5. The first-order valence-electron chi connectivity index (χ1n) is 7.19. The van der Waals surface area contributed by atoms with Crippen molar-refractivity contribution in [3.63, 3.8) is 0 Å². The average molecular weight is 301 g/mol. The van der Waals surface area contributed by atoms with Gasteiger partial charge in [0.2, 0.25) is 0 Å².